The van der Waals surface area contributed by atoms with Gasteiger partial charge in [-0.25, -0.2) is 4.39 Å². The molecule has 2 atom stereocenters. The summed E-state index contributed by atoms with van der Waals surface area (Å²) < 4.78 is 32.5. The number of rotatable bonds is 2. The first kappa shape index (κ1) is 29.6. The van der Waals surface area contributed by atoms with Crippen molar-refractivity contribution >= 4 is 17.7 Å². The molecule has 11 heteroatoms. The zero-order valence-corrected chi connectivity index (χ0v) is 24.7. The fourth-order valence-electron chi connectivity index (χ4n) is 5.40. The Balaban J connectivity index is 1.34. The van der Waals surface area contributed by atoms with Crippen LogP contribution in [0.2, 0.25) is 0 Å². The van der Waals surface area contributed by atoms with E-state index in [2.05, 4.69) is 15.6 Å². The number of aromatic nitrogens is 1. The quantitative estimate of drug-likeness (QED) is 0.353. The van der Waals surface area contributed by atoms with E-state index in [9.17, 15) is 14.4 Å². The number of methoxy groups -OCH3 is 1. The Morgan fingerprint density at radius 2 is 1.80 bits per heavy atom. The van der Waals surface area contributed by atoms with Crippen molar-refractivity contribution in [1.29, 1.82) is 0 Å². The number of likely N-dealkylation sites (tertiary alicyclic amines) is 1. The molecule has 3 amide bonds. The van der Waals surface area contributed by atoms with Gasteiger partial charge < -0.3 is 29.7 Å². The Bertz CT molecular complexity index is 1760. The SMILES string of the molecule is COc1cnc(C)cc1C(=O)N1C[C@@H]2NC(=O)c3cc(ccc3F)-c3cccc(c3)OCC(=O)NCc3ccc(cc3)O[C@H]2C1. The molecule has 2 N–H and O–H groups in total. The van der Waals surface area contributed by atoms with Crippen LogP contribution in [0.1, 0.15) is 32.0 Å². The molecule has 3 aliphatic heterocycles. The molecular weight excluding hydrogens is 579 g/mol. The smallest absolute Gasteiger partial charge is 0.258 e. The van der Waals surface area contributed by atoms with Gasteiger partial charge in [-0.2, -0.15) is 0 Å². The number of nitrogens with zero attached hydrogens (tertiary/aromatic N) is 2. The summed E-state index contributed by atoms with van der Waals surface area (Å²) in [5.74, 6) is -0.661. The fraction of sp³-hybridized carbons (Fsp3) is 0.235. The van der Waals surface area contributed by atoms with Crippen molar-refractivity contribution in [2.24, 2.45) is 0 Å². The Kier molecular flexibility index (Phi) is 8.33. The van der Waals surface area contributed by atoms with E-state index in [0.29, 0.717) is 46.2 Å². The number of fused-ring (bicyclic) bond motifs is 7. The van der Waals surface area contributed by atoms with Gasteiger partial charge in [0.1, 0.15) is 29.2 Å². The van der Waals surface area contributed by atoms with Crippen molar-refractivity contribution in [2.45, 2.75) is 25.6 Å². The van der Waals surface area contributed by atoms with Gasteiger partial charge in [-0.1, -0.05) is 30.3 Å². The summed E-state index contributed by atoms with van der Waals surface area (Å²) in [6, 6.07) is 19.4. The molecule has 0 saturated carbocycles. The predicted molar refractivity (Wildman–Crippen MR) is 163 cm³/mol. The Morgan fingerprint density at radius 3 is 2.60 bits per heavy atom. The second kappa shape index (κ2) is 12.7. The van der Waals surface area contributed by atoms with Gasteiger partial charge in [-0.15, -0.1) is 0 Å². The first-order valence-corrected chi connectivity index (χ1v) is 14.4. The van der Waals surface area contributed by atoms with Gasteiger partial charge in [-0.3, -0.25) is 19.4 Å². The molecule has 4 aromatic rings. The van der Waals surface area contributed by atoms with Crippen LogP contribution in [-0.2, 0) is 11.3 Å². The minimum absolute atomic E-state index is 0.116. The van der Waals surface area contributed by atoms with Crippen LogP contribution < -0.4 is 24.8 Å². The zero-order valence-electron chi connectivity index (χ0n) is 24.7. The number of hydrogen-bond acceptors (Lipinski definition) is 7. The van der Waals surface area contributed by atoms with Crippen molar-refractivity contribution in [3.8, 4) is 28.4 Å². The van der Waals surface area contributed by atoms with Gasteiger partial charge in [0.25, 0.3) is 17.7 Å². The molecule has 1 aromatic heterocycles. The summed E-state index contributed by atoms with van der Waals surface area (Å²) in [6.07, 6.45) is 0.845. The van der Waals surface area contributed by atoms with Crippen molar-refractivity contribution in [3.63, 3.8) is 0 Å². The summed E-state index contributed by atoms with van der Waals surface area (Å²) in [5, 5.41) is 5.75. The molecule has 6 bridgehead atoms. The number of aryl methyl sites for hydroxylation is 1. The van der Waals surface area contributed by atoms with E-state index in [0.717, 1.165) is 5.56 Å². The van der Waals surface area contributed by atoms with Gasteiger partial charge in [0.05, 0.1) is 37.0 Å². The average Bonchev–Trinajstić information content (AvgIpc) is 3.44. The molecule has 0 unspecified atom stereocenters. The monoisotopic (exact) mass is 610 g/mol. The maximum absolute atomic E-state index is 15.1. The maximum Gasteiger partial charge on any atom is 0.258 e. The van der Waals surface area contributed by atoms with Gasteiger partial charge in [-0.05, 0) is 66.1 Å². The molecular formula is C34H31FN4O6. The van der Waals surface area contributed by atoms with E-state index in [1.54, 1.807) is 60.4 Å². The van der Waals surface area contributed by atoms with E-state index in [4.69, 9.17) is 14.2 Å². The molecule has 0 spiro atoms. The number of carbonyl (C=O) groups excluding carboxylic acids is 3. The van der Waals surface area contributed by atoms with Crippen LogP contribution in [0.15, 0.2) is 79.0 Å². The lowest BCUT2D eigenvalue weighted by atomic mass is 10.0. The summed E-state index contributed by atoms with van der Waals surface area (Å²) in [4.78, 5) is 45.5. The minimum atomic E-state index is -0.696. The Hall–Kier alpha value is -5.45. The molecule has 7 rings (SSSR count). The summed E-state index contributed by atoms with van der Waals surface area (Å²) >= 11 is 0. The van der Waals surface area contributed by atoms with Gasteiger partial charge in [0.2, 0.25) is 0 Å². The summed E-state index contributed by atoms with van der Waals surface area (Å²) in [5.41, 5.74) is 2.93. The summed E-state index contributed by atoms with van der Waals surface area (Å²) in [7, 11) is 1.47. The highest BCUT2D eigenvalue weighted by Crippen LogP contribution is 2.28. The number of halogens is 1. The van der Waals surface area contributed by atoms with E-state index in [1.807, 2.05) is 12.1 Å². The van der Waals surface area contributed by atoms with Crippen molar-refractivity contribution in [2.75, 3.05) is 26.8 Å². The van der Waals surface area contributed by atoms with Gasteiger partial charge >= 0.3 is 0 Å². The normalized spacial score (nSPS) is 18.2. The number of pyridine rings is 1. The van der Waals surface area contributed by atoms with Gasteiger partial charge in [0, 0.05) is 18.8 Å². The van der Waals surface area contributed by atoms with E-state index >= 15 is 4.39 Å². The molecule has 3 aliphatic rings. The van der Waals surface area contributed by atoms with Crippen LogP contribution >= 0.6 is 0 Å². The number of ether oxygens (including phenoxy) is 3. The predicted octanol–water partition coefficient (Wildman–Crippen LogP) is 3.92. The first-order chi connectivity index (χ1) is 21.8. The van der Waals surface area contributed by atoms with Crippen LogP contribution in [0.5, 0.6) is 17.2 Å². The lowest BCUT2D eigenvalue weighted by Crippen LogP contribution is -2.45. The third-order valence-electron chi connectivity index (χ3n) is 7.77. The minimum Gasteiger partial charge on any atom is -0.494 e. The third kappa shape index (κ3) is 6.57. The molecule has 230 valence electrons. The second-order valence-corrected chi connectivity index (χ2v) is 10.9. The molecule has 1 saturated heterocycles. The third-order valence-corrected chi connectivity index (χ3v) is 7.77. The Labute approximate surface area is 259 Å². The molecule has 0 radical (unpaired) electrons. The largest absolute Gasteiger partial charge is 0.494 e. The van der Waals surface area contributed by atoms with Crippen LogP contribution in [-0.4, -0.2) is 66.6 Å². The number of amides is 3. The molecule has 10 nitrogen and oxygen atoms in total. The van der Waals surface area contributed by atoms with Crippen LogP contribution in [0.4, 0.5) is 4.39 Å². The van der Waals surface area contributed by atoms with E-state index in [1.165, 1.54) is 25.4 Å². The molecule has 3 aromatic carbocycles. The van der Waals surface area contributed by atoms with Crippen molar-refractivity contribution in [1.82, 2.24) is 20.5 Å². The fourth-order valence-corrected chi connectivity index (χ4v) is 5.40. The molecule has 4 heterocycles. The van der Waals surface area contributed by atoms with E-state index < -0.39 is 23.9 Å². The zero-order chi connectivity index (χ0) is 31.5. The summed E-state index contributed by atoms with van der Waals surface area (Å²) in [6.45, 7) is 2.15. The number of nitrogens with one attached hydrogen (secondary N) is 2. The highest BCUT2D eigenvalue weighted by molar-refractivity contribution is 5.98. The lowest BCUT2D eigenvalue weighted by Gasteiger charge is -2.21. The standard InChI is InChI=1S/C34H31FN4O6/c1-20-12-27(30(43-2)16-36-20)34(42)39-17-29-31(18-39)45-24-9-6-21(7-10-24)15-37-32(40)19-44-25-5-3-4-22(13-25)23-8-11-28(35)26(14-23)33(41)38-29/h3-14,16,29,31H,15,17-19H2,1-2H3,(H,37,40)(H,38,41)/t29-,31-/m0/s1. The number of benzene rings is 3. The second-order valence-electron chi connectivity index (χ2n) is 10.9. The highest BCUT2D eigenvalue weighted by Gasteiger charge is 2.39. The highest BCUT2D eigenvalue weighted by atomic mass is 19.1. The average molecular weight is 611 g/mol. The van der Waals surface area contributed by atoms with Crippen molar-refractivity contribution < 1.29 is 33.0 Å². The lowest BCUT2D eigenvalue weighted by molar-refractivity contribution is -0.123. The topological polar surface area (TPSA) is 119 Å². The van der Waals surface area contributed by atoms with Crippen LogP contribution in [0, 0.1) is 12.7 Å². The Morgan fingerprint density at radius 1 is 1.00 bits per heavy atom. The van der Waals surface area contributed by atoms with Crippen LogP contribution in [0.3, 0.4) is 0 Å². The van der Waals surface area contributed by atoms with Crippen LogP contribution in [0.25, 0.3) is 11.1 Å². The molecule has 0 aliphatic carbocycles. The number of hydrogen-bond donors (Lipinski definition) is 2. The van der Waals surface area contributed by atoms with Crippen molar-refractivity contribution in [3.05, 3.63) is 107 Å². The maximum atomic E-state index is 15.1. The number of carbonyl (C=O) groups is 3. The molecule has 45 heavy (non-hydrogen) atoms. The molecule has 1 fully saturated rings. The van der Waals surface area contributed by atoms with E-state index in [-0.39, 0.29) is 37.1 Å². The van der Waals surface area contributed by atoms with Gasteiger partial charge in [0.15, 0.2) is 6.61 Å². The first-order valence-electron chi connectivity index (χ1n) is 14.4.